The first kappa shape index (κ1) is 16.8. The highest BCUT2D eigenvalue weighted by molar-refractivity contribution is 5.84. The van der Waals surface area contributed by atoms with Gasteiger partial charge < -0.3 is 9.80 Å². The number of hydrogen-bond acceptors (Lipinski definition) is 4. The smallest absolute Gasteiger partial charge is 0.226 e. The lowest BCUT2D eigenvalue weighted by molar-refractivity contribution is 0.168. The minimum Gasteiger partial charge on any atom is -0.341 e. The highest BCUT2D eigenvalue weighted by Gasteiger charge is 2.25. The number of rotatable bonds is 3. The van der Waals surface area contributed by atoms with Gasteiger partial charge in [-0.1, -0.05) is 0 Å². The Kier molecular flexibility index (Phi) is 4.40. The van der Waals surface area contributed by atoms with Crippen molar-refractivity contribution in [2.24, 2.45) is 0 Å². The Hall–Kier alpha value is -1.68. The minimum atomic E-state index is 0.609. The first-order chi connectivity index (χ1) is 12.0. The minimum absolute atomic E-state index is 0.609. The summed E-state index contributed by atoms with van der Waals surface area (Å²) in [6, 6.07) is 5.94. The number of aromatic nitrogens is 2. The van der Waals surface area contributed by atoms with Crippen molar-refractivity contribution < 1.29 is 0 Å². The van der Waals surface area contributed by atoms with E-state index in [2.05, 4.69) is 49.8 Å². The van der Waals surface area contributed by atoms with Gasteiger partial charge in [-0.25, -0.2) is 9.97 Å². The van der Waals surface area contributed by atoms with E-state index in [-0.39, 0.29) is 0 Å². The topological polar surface area (TPSA) is 32.3 Å². The molecule has 0 spiro atoms. The number of fused-ring (bicyclic) bond motifs is 2. The molecule has 4 nitrogen and oxygen atoms in total. The molecular weight excluding hydrogens is 308 g/mol. The molecule has 1 aromatic heterocycles. The fourth-order valence-electron chi connectivity index (χ4n) is 4.37. The van der Waals surface area contributed by atoms with Crippen LogP contribution in [0.4, 0.5) is 5.95 Å². The highest BCUT2D eigenvalue weighted by Crippen LogP contribution is 2.29. The van der Waals surface area contributed by atoms with Crippen LogP contribution in [0.5, 0.6) is 0 Å². The van der Waals surface area contributed by atoms with Crippen molar-refractivity contribution in [2.45, 2.75) is 65.0 Å². The fourth-order valence-corrected chi connectivity index (χ4v) is 4.37. The van der Waals surface area contributed by atoms with E-state index in [1.807, 2.05) is 0 Å². The number of nitrogens with zero attached hydrogens (tertiary/aromatic N) is 4. The van der Waals surface area contributed by atoms with Crippen LogP contribution in [-0.4, -0.2) is 47.1 Å². The van der Waals surface area contributed by atoms with Crippen LogP contribution in [0.2, 0.25) is 0 Å². The molecule has 0 unspecified atom stereocenters. The zero-order valence-electron chi connectivity index (χ0n) is 16.0. The van der Waals surface area contributed by atoms with E-state index in [9.17, 15) is 0 Å². The van der Waals surface area contributed by atoms with Crippen LogP contribution < -0.4 is 4.90 Å². The summed E-state index contributed by atoms with van der Waals surface area (Å²) < 4.78 is 0. The molecule has 1 aromatic carbocycles. The first-order valence-corrected chi connectivity index (χ1v) is 9.80. The SMILES string of the molecule is Cc1nc(N2CCC(N(C)C(C)C)CC2)nc2cc3c(cc12)CCC3. The van der Waals surface area contributed by atoms with E-state index in [0.29, 0.717) is 12.1 Å². The van der Waals surface area contributed by atoms with Crippen LogP contribution >= 0.6 is 0 Å². The van der Waals surface area contributed by atoms with Gasteiger partial charge >= 0.3 is 0 Å². The Morgan fingerprint density at radius 2 is 1.76 bits per heavy atom. The van der Waals surface area contributed by atoms with Crippen molar-refractivity contribution in [1.82, 2.24) is 14.9 Å². The number of benzene rings is 1. The molecule has 1 aliphatic carbocycles. The molecule has 2 heterocycles. The molecule has 4 heteroatoms. The maximum absolute atomic E-state index is 4.94. The summed E-state index contributed by atoms with van der Waals surface area (Å²) in [6.07, 6.45) is 6.08. The lowest BCUT2D eigenvalue weighted by atomic mass is 10.0. The Bertz CT molecular complexity index is 775. The van der Waals surface area contributed by atoms with Crippen LogP contribution in [0.3, 0.4) is 0 Å². The summed E-state index contributed by atoms with van der Waals surface area (Å²) in [7, 11) is 2.25. The molecule has 0 N–H and O–H groups in total. The van der Waals surface area contributed by atoms with Crippen LogP contribution in [0.15, 0.2) is 12.1 Å². The quantitative estimate of drug-likeness (QED) is 0.853. The van der Waals surface area contributed by atoms with Crippen molar-refractivity contribution in [3.63, 3.8) is 0 Å². The Balaban J connectivity index is 1.57. The van der Waals surface area contributed by atoms with Crippen LogP contribution in [0.25, 0.3) is 10.9 Å². The standard InChI is InChI=1S/C21H30N4/c1-14(2)24(4)18-8-10-25(11-9-18)21-22-15(3)19-12-16-6-5-7-17(16)13-20(19)23-21/h12-14,18H,5-11H2,1-4H3. The Labute approximate surface area is 151 Å². The van der Waals surface area contributed by atoms with Crippen LogP contribution in [0.1, 0.15) is 49.9 Å². The van der Waals surface area contributed by atoms with Gasteiger partial charge in [0.1, 0.15) is 0 Å². The Morgan fingerprint density at radius 1 is 1.08 bits per heavy atom. The molecule has 25 heavy (non-hydrogen) atoms. The van der Waals surface area contributed by atoms with Gasteiger partial charge in [-0.05, 0) is 83.2 Å². The van der Waals surface area contributed by atoms with E-state index in [1.54, 1.807) is 0 Å². The second-order valence-electron chi connectivity index (χ2n) is 8.08. The van der Waals surface area contributed by atoms with Gasteiger partial charge in [0, 0.05) is 30.6 Å². The molecule has 134 valence electrons. The number of hydrogen-bond donors (Lipinski definition) is 0. The van der Waals surface area contributed by atoms with E-state index in [4.69, 9.17) is 9.97 Å². The maximum Gasteiger partial charge on any atom is 0.226 e. The molecule has 0 radical (unpaired) electrons. The molecule has 0 amide bonds. The van der Waals surface area contributed by atoms with Gasteiger partial charge in [-0.3, -0.25) is 0 Å². The summed E-state index contributed by atoms with van der Waals surface area (Å²) in [5.41, 5.74) is 5.25. The van der Waals surface area contributed by atoms with E-state index in [0.717, 1.165) is 30.2 Å². The predicted octanol–water partition coefficient (Wildman–Crippen LogP) is 3.74. The van der Waals surface area contributed by atoms with Gasteiger partial charge in [0.2, 0.25) is 5.95 Å². The second kappa shape index (κ2) is 6.56. The molecule has 2 aromatic rings. The molecule has 1 fully saturated rings. The zero-order valence-corrected chi connectivity index (χ0v) is 16.0. The lowest BCUT2D eigenvalue weighted by Crippen LogP contribution is -2.46. The van der Waals surface area contributed by atoms with E-state index >= 15 is 0 Å². The third-order valence-electron chi connectivity index (χ3n) is 6.23. The van der Waals surface area contributed by atoms with Gasteiger partial charge in [-0.15, -0.1) is 0 Å². The summed E-state index contributed by atoms with van der Waals surface area (Å²) in [4.78, 5) is 14.7. The van der Waals surface area contributed by atoms with Crippen LogP contribution in [-0.2, 0) is 12.8 Å². The average Bonchev–Trinajstić information content (AvgIpc) is 3.07. The molecule has 0 bridgehead atoms. The molecular formula is C21H30N4. The first-order valence-electron chi connectivity index (χ1n) is 9.80. The van der Waals surface area contributed by atoms with Crippen molar-refractivity contribution in [3.8, 4) is 0 Å². The molecule has 0 atom stereocenters. The highest BCUT2D eigenvalue weighted by atomic mass is 15.3. The Morgan fingerprint density at radius 3 is 2.44 bits per heavy atom. The molecule has 2 aliphatic rings. The average molecular weight is 338 g/mol. The fraction of sp³-hybridized carbons (Fsp3) is 0.619. The predicted molar refractivity (Wildman–Crippen MR) is 104 cm³/mol. The normalized spacial score (nSPS) is 18.6. The summed E-state index contributed by atoms with van der Waals surface area (Å²) >= 11 is 0. The van der Waals surface area contributed by atoms with Gasteiger partial charge in [0.25, 0.3) is 0 Å². The number of piperidine rings is 1. The van der Waals surface area contributed by atoms with Gasteiger partial charge in [-0.2, -0.15) is 0 Å². The maximum atomic E-state index is 4.94. The van der Waals surface area contributed by atoms with Crippen molar-refractivity contribution >= 4 is 16.9 Å². The largest absolute Gasteiger partial charge is 0.341 e. The summed E-state index contributed by atoms with van der Waals surface area (Å²) in [6.45, 7) is 8.80. The number of anilines is 1. The van der Waals surface area contributed by atoms with E-state index < -0.39 is 0 Å². The van der Waals surface area contributed by atoms with Crippen molar-refractivity contribution in [2.75, 3.05) is 25.0 Å². The van der Waals surface area contributed by atoms with Gasteiger partial charge in [0.05, 0.1) is 11.2 Å². The van der Waals surface area contributed by atoms with Crippen LogP contribution in [0, 0.1) is 6.92 Å². The van der Waals surface area contributed by atoms with Gasteiger partial charge in [0.15, 0.2) is 0 Å². The zero-order chi connectivity index (χ0) is 17.6. The third-order valence-corrected chi connectivity index (χ3v) is 6.23. The second-order valence-corrected chi connectivity index (χ2v) is 8.08. The molecule has 4 rings (SSSR count). The molecule has 1 saturated heterocycles. The summed E-state index contributed by atoms with van der Waals surface area (Å²) in [5, 5.41) is 1.24. The van der Waals surface area contributed by atoms with E-state index in [1.165, 1.54) is 48.6 Å². The lowest BCUT2D eigenvalue weighted by Gasteiger charge is -2.38. The van der Waals surface area contributed by atoms with Crippen molar-refractivity contribution in [1.29, 1.82) is 0 Å². The molecule has 0 saturated carbocycles. The third kappa shape index (κ3) is 3.12. The monoisotopic (exact) mass is 338 g/mol. The summed E-state index contributed by atoms with van der Waals surface area (Å²) in [5.74, 6) is 0.925. The molecule has 1 aliphatic heterocycles. The number of aryl methyl sites for hydroxylation is 3. The van der Waals surface area contributed by atoms with Crippen molar-refractivity contribution in [3.05, 3.63) is 29.0 Å².